The van der Waals surface area contributed by atoms with E-state index < -0.39 is 21.7 Å². The molecule has 0 radical (unpaired) electrons. The van der Waals surface area contributed by atoms with Crippen LogP contribution in [0.2, 0.25) is 0 Å². The zero-order valence-electron chi connectivity index (χ0n) is 16.8. The summed E-state index contributed by atoms with van der Waals surface area (Å²) in [5.41, 5.74) is 7.74. The lowest BCUT2D eigenvalue weighted by Gasteiger charge is -2.36. The summed E-state index contributed by atoms with van der Waals surface area (Å²) >= 11 is 0. The van der Waals surface area contributed by atoms with E-state index in [1.54, 1.807) is 7.05 Å². The van der Waals surface area contributed by atoms with E-state index in [1.807, 2.05) is 39.0 Å². The van der Waals surface area contributed by atoms with E-state index in [0.29, 0.717) is 39.3 Å². The lowest BCUT2D eigenvalue weighted by Crippen LogP contribution is -2.51. The number of aryl methyl sites for hydroxylation is 1. The van der Waals surface area contributed by atoms with Crippen LogP contribution < -0.4 is 10.6 Å². The van der Waals surface area contributed by atoms with Crippen LogP contribution in [0.5, 0.6) is 0 Å². The average Bonchev–Trinajstić information content (AvgIpc) is 2.61. The number of piperazine rings is 1. The zero-order valence-corrected chi connectivity index (χ0v) is 17.6. The fraction of sp³-hybridized carbons (Fsp3) is 0.632. The molecule has 0 spiro atoms. The SMILES string of the molecule is Cc1cccc(N2CCN(S(=O)(=O)CC(=O)N(C)CC(C)(C)CN)CC2)c1. The van der Waals surface area contributed by atoms with Crippen molar-refractivity contribution in [1.29, 1.82) is 0 Å². The standard InChI is InChI=1S/C19H32N4O3S/c1-16-6-5-7-17(12-16)22-8-10-23(11-9-22)27(25,26)13-18(24)21(4)15-19(2,3)14-20/h5-7,12H,8-11,13-15,20H2,1-4H3. The number of rotatable bonds is 7. The molecule has 0 atom stereocenters. The average molecular weight is 397 g/mol. The minimum atomic E-state index is -3.62. The predicted molar refractivity (Wildman–Crippen MR) is 109 cm³/mol. The summed E-state index contributed by atoms with van der Waals surface area (Å²) in [6.07, 6.45) is 0. The van der Waals surface area contributed by atoms with Gasteiger partial charge in [0.15, 0.2) is 0 Å². The second-order valence-electron chi connectivity index (χ2n) is 8.10. The maximum Gasteiger partial charge on any atom is 0.238 e. The van der Waals surface area contributed by atoms with Gasteiger partial charge in [0.2, 0.25) is 15.9 Å². The fourth-order valence-corrected chi connectivity index (χ4v) is 4.64. The molecule has 2 N–H and O–H groups in total. The summed E-state index contributed by atoms with van der Waals surface area (Å²) in [5.74, 6) is -0.883. The van der Waals surface area contributed by atoms with Crippen molar-refractivity contribution in [3.63, 3.8) is 0 Å². The molecule has 1 saturated heterocycles. The number of nitrogens with two attached hydrogens (primary N) is 1. The molecule has 1 aliphatic heterocycles. The van der Waals surface area contributed by atoms with E-state index in [9.17, 15) is 13.2 Å². The number of carbonyl (C=O) groups is 1. The summed E-state index contributed by atoms with van der Waals surface area (Å²) in [6, 6.07) is 8.18. The molecule has 1 aromatic carbocycles. The molecule has 7 nitrogen and oxygen atoms in total. The van der Waals surface area contributed by atoms with Crippen molar-refractivity contribution in [3.05, 3.63) is 29.8 Å². The van der Waals surface area contributed by atoms with E-state index in [1.165, 1.54) is 14.8 Å². The number of hydrogen-bond donors (Lipinski definition) is 1. The first-order chi connectivity index (χ1) is 12.5. The zero-order chi connectivity index (χ0) is 20.2. The number of carbonyl (C=O) groups excluding carboxylic acids is 1. The third-order valence-corrected chi connectivity index (χ3v) is 6.71. The number of benzene rings is 1. The normalized spacial score (nSPS) is 16.4. The Morgan fingerprint density at radius 2 is 1.85 bits per heavy atom. The summed E-state index contributed by atoms with van der Waals surface area (Å²) in [5, 5.41) is 0. The van der Waals surface area contributed by atoms with Crippen LogP contribution in [0.3, 0.4) is 0 Å². The van der Waals surface area contributed by atoms with Crippen molar-refractivity contribution in [1.82, 2.24) is 9.21 Å². The van der Waals surface area contributed by atoms with Gasteiger partial charge in [-0.25, -0.2) is 8.42 Å². The van der Waals surface area contributed by atoms with Crippen molar-refractivity contribution in [3.8, 4) is 0 Å². The third kappa shape index (κ3) is 5.92. The first kappa shape index (κ1) is 21.7. The molecule has 1 heterocycles. The Balaban J connectivity index is 1.93. The highest BCUT2D eigenvalue weighted by Gasteiger charge is 2.31. The third-order valence-electron chi connectivity index (χ3n) is 4.95. The monoisotopic (exact) mass is 396 g/mol. The van der Waals surface area contributed by atoms with Crippen molar-refractivity contribution >= 4 is 21.6 Å². The van der Waals surface area contributed by atoms with Crippen LogP contribution in [-0.4, -0.2) is 75.6 Å². The molecule has 0 unspecified atom stereocenters. The molecular formula is C19H32N4O3S. The van der Waals surface area contributed by atoms with Crippen LogP contribution in [0, 0.1) is 12.3 Å². The van der Waals surface area contributed by atoms with Gasteiger partial charge in [-0.2, -0.15) is 4.31 Å². The molecule has 0 aliphatic carbocycles. The van der Waals surface area contributed by atoms with Gasteiger partial charge in [-0.3, -0.25) is 4.79 Å². The molecule has 1 aliphatic rings. The molecule has 1 amide bonds. The number of sulfonamides is 1. The Bertz CT molecular complexity index is 756. The number of hydrogen-bond acceptors (Lipinski definition) is 5. The van der Waals surface area contributed by atoms with E-state index in [0.717, 1.165) is 5.69 Å². The van der Waals surface area contributed by atoms with Crippen LogP contribution in [0.1, 0.15) is 19.4 Å². The van der Waals surface area contributed by atoms with Crippen LogP contribution in [0.15, 0.2) is 24.3 Å². The highest BCUT2D eigenvalue weighted by molar-refractivity contribution is 7.89. The van der Waals surface area contributed by atoms with Crippen LogP contribution in [0.4, 0.5) is 5.69 Å². The largest absolute Gasteiger partial charge is 0.369 e. The van der Waals surface area contributed by atoms with Gasteiger partial charge in [0, 0.05) is 45.5 Å². The van der Waals surface area contributed by atoms with Crippen molar-refractivity contribution in [2.45, 2.75) is 20.8 Å². The van der Waals surface area contributed by atoms with E-state index >= 15 is 0 Å². The van der Waals surface area contributed by atoms with Crippen LogP contribution in [0.25, 0.3) is 0 Å². The molecule has 0 saturated carbocycles. The maximum atomic E-state index is 12.7. The first-order valence-electron chi connectivity index (χ1n) is 9.27. The number of nitrogens with zero attached hydrogens (tertiary/aromatic N) is 3. The lowest BCUT2D eigenvalue weighted by molar-refractivity contribution is -0.128. The molecular weight excluding hydrogens is 364 g/mol. The second kappa shape index (κ2) is 8.58. The Kier molecular flexibility index (Phi) is 6.88. The summed E-state index contributed by atoms with van der Waals surface area (Å²) in [7, 11) is -1.99. The van der Waals surface area contributed by atoms with Gasteiger partial charge in [0.1, 0.15) is 5.75 Å². The summed E-state index contributed by atoms with van der Waals surface area (Å²) < 4.78 is 26.8. The molecule has 0 bridgehead atoms. The summed E-state index contributed by atoms with van der Waals surface area (Å²) in [6.45, 7) is 8.82. The van der Waals surface area contributed by atoms with Crippen LogP contribution >= 0.6 is 0 Å². The summed E-state index contributed by atoms with van der Waals surface area (Å²) in [4.78, 5) is 16.0. The molecule has 152 valence electrons. The predicted octanol–water partition coefficient (Wildman–Crippen LogP) is 0.890. The second-order valence-corrected chi connectivity index (χ2v) is 10.1. The fourth-order valence-electron chi connectivity index (χ4n) is 3.20. The van der Waals surface area contributed by atoms with Crippen molar-refractivity contribution in [2.24, 2.45) is 11.1 Å². The Labute approximate surface area is 163 Å². The van der Waals surface area contributed by atoms with Crippen LogP contribution in [-0.2, 0) is 14.8 Å². The Morgan fingerprint density at radius 1 is 1.22 bits per heavy atom. The van der Waals surface area contributed by atoms with E-state index in [-0.39, 0.29) is 5.41 Å². The van der Waals surface area contributed by atoms with Gasteiger partial charge in [-0.05, 0) is 36.6 Å². The maximum absolute atomic E-state index is 12.7. The Hall–Kier alpha value is -1.64. The molecule has 27 heavy (non-hydrogen) atoms. The quantitative estimate of drug-likeness (QED) is 0.740. The van der Waals surface area contributed by atoms with Crippen molar-refractivity contribution < 1.29 is 13.2 Å². The molecule has 0 aromatic heterocycles. The van der Waals surface area contributed by atoms with Gasteiger partial charge in [-0.1, -0.05) is 26.0 Å². The highest BCUT2D eigenvalue weighted by atomic mass is 32.2. The van der Waals surface area contributed by atoms with Crippen molar-refractivity contribution in [2.75, 3.05) is 57.0 Å². The molecule has 1 aromatic rings. The molecule has 1 fully saturated rings. The number of amides is 1. The lowest BCUT2D eigenvalue weighted by atomic mass is 9.93. The van der Waals surface area contributed by atoms with Gasteiger partial charge < -0.3 is 15.5 Å². The Morgan fingerprint density at radius 3 is 2.41 bits per heavy atom. The highest BCUT2D eigenvalue weighted by Crippen LogP contribution is 2.19. The van der Waals surface area contributed by atoms with Gasteiger partial charge in [0.25, 0.3) is 0 Å². The van der Waals surface area contributed by atoms with Gasteiger partial charge in [0.05, 0.1) is 0 Å². The van der Waals surface area contributed by atoms with E-state index in [2.05, 4.69) is 11.0 Å². The molecule has 2 rings (SSSR count). The first-order valence-corrected chi connectivity index (χ1v) is 10.9. The minimum Gasteiger partial charge on any atom is -0.369 e. The molecule has 8 heteroatoms. The number of anilines is 1. The van der Waals surface area contributed by atoms with E-state index in [4.69, 9.17) is 5.73 Å². The minimum absolute atomic E-state index is 0.242. The smallest absolute Gasteiger partial charge is 0.238 e. The van der Waals surface area contributed by atoms with Gasteiger partial charge >= 0.3 is 0 Å². The van der Waals surface area contributed by atoms with Gasteiger partial charge in [-0.15, -0.1) is 0 Å². The topological polar surface area (TPSA) is 87.0 Å².